The fourth-order valence-electron chi connectivity index (χ4n) is 3.54. The molecule has 32 heavy (non-hydrogen) atoms. The molecule has 0 fully saturated rings. The van der Waals surface area contributed by atoms with Gasteiger partial charge in [0.15, 0.2) is 15.7 Å². The van der Waals surface area contributed by atoms with Gasteiger partial charge in [-0.3, -0.25) is 0 Å². The van der Waals surface area contributed by atoms with Gasteiger partial charge in [-0.1, -0.05) is 78.5 Å². The van der Waals surface area contributed by atoms with Crippen molar-refractivity contribution in [3.63, 3.8) is 0 Å². The summed E-state index contributed by atoms with van der Waals surface area (Å²) in [6.07, 6.45) is 1.72. The Bertz CT molecular complexity index is 1390. The Hall–Kier alpha value is -3.23. The number of hydrogen-bond acceptors (Lipinski definition) is 6. The summed E-state index contributed by atoms with van der Waals surface area (Å²) in [7, 11) is -3.21. The summed E-state index contributed by atoms with van der Waals surface area (Å²) in [4.78, 5) is 0.305. The summed E-state index contributed by atoms with van der Waals surface area (Å²) in [6, 6.07) is 25.6. The molecular weight excluding hydrogens is 440 g/mol. The van der Waals surface area contributed by atoms with Crippen LogP contribution in [0, 0.1) is 0 Å². The van der Waals surface area contributed by atoms with Crippen LogP contribution < -0.4 is 0 Å². The molecule has 1 aliphatic rings. The highest BCUT2D eigenvalue weighted by Gasteiger charge is 2.20. The summed E-state index contributed by atoms with van der Waals surface area (Å²) in [5, 5.41) is 14.2. The lowest BCUT2D eigenvalue weighted by molar-refractivity contribution is 0.602. The number of sulfone groups is 1. The Morgan fingerprint density at radius 3 is 2.19 bits per heavy atom. The van der Waals surface area contributed by atoms with Gasteiger partial charge in [0.25, 0.3) is 0 Å². The number of nitrogens with zero attached hydrogens (tertiary/aromatic N) is 4. The third kappa shape index (κ3) is 4.24. The highest BCUT2D eigenvalue weighted by molar-refractivity contribution is 7.99. The number of thioether (sulfide) groups is 1. The van der Waals surface area contributed by atoms with E-state index in [0.29, 0.717) is 11.3 Å². The SMILES string of the molecule is CS(=O)(=O)c1ccc(Cc2nnc3n2N=C(c2ccc(-c4ccccc4)cc2)CS3)cc1. The number of aromatic nitrogens is 3. The molecule has 4 aromatic rings. The maximum Gasteiger partial charge on any atom is 0.212 e. The lowest BCUT2D eigenvalue weighted by atomic mass is 10.0. The Morgan fingerprint density at radius 2 is 1.50 bits per heavy atom. The Kier molecular flexibility index (Phi) is 5.40. The average molecular weight is 461 g/mol. The van der Waals surface area contributed by atoms with Crippen LogP contribution in [0.4, 0.5) is 0 Å². The van der Waals surface area contributed by atoms with Gasteiger partial charge >= 0.3 is 0 Å². The van der Waals surface area contributed by atoms with Gasteiger partial charge in [0.05, 0.1) is 10.6 Å². The molecular formula is C24H20N4O2S2. The van der Waals surface area contributed by atoms with Crippen LogP contribution in [0.3, 0.4) is 0 Å². The predicted octanol–water partition coefficient (Wildman–Crippen LogP) is 4.30. The van der Waals surface area contributed by atoms with Crippen LogP contribution in [0.2, 0.25) is 0 Å². The number of hydrogen-bond donors (Lipinski definition) is 0. The molecule has 8 heteroatoms. The maximum atomic E-state index is 11.7. The van der Waals surface area contributed by atoms with Crippen LogP contribution in [0.5, 0.6) is 0 Å². The van der Waals surface area contributed by atoms with E-state index in [2.05, 4.69) is 46.6 Å². The minimum atomic E-state index is -3.21. The van der Waals surface area contributed by atoms with E-state index in [0.717, 1.165) is 33.6 Å². The largest absolute Gasteiger partial charge is 0.224 e. The van der Waals surface area contributed by atoms with Gasteiger partial charge < -0.3 is 0 Å². The normalized spacial score (nSPS) is 13.5. The molecule has 160 valence electrons. The second-order valence-corrected chi connectivity index (χ2v) is 10.5. The van der Waals surface area contributed by atoms with Gasteiger partial charge in [0.2, 0.25) is 5.16 Å². The zero-order chi connectivity index (χ0) is 22.1. The van der Waals surface area contributed by atoms with E-state index in [1.807, 2.05) is 18.2 Å². The summed E-state index contributed by atoms with van der Waals surface area (Å²) in [6.45, 7) is 0. The van der Waals surface area contributed by atoms with Crippen molar-refractivity contribution in [3.8, 4) is 11.1 Å². The predicted molar refractivity (Wildman–Crippen MR) is 127 cm³/mol. The molecule has 5 rings (SSSR count). The number of benzene rings is 3. The van der Waals surface area contributed by atoms with Crippen LogP contribution in [0.25, 0.3) is 11.1 Å². The van der Waals surface area contributed by atoms with Crippen molar-refractivity contribution in [3.05, 3.63) is 95.8 Å². The quantitative estimate of drug-likeness (QED) is 0.444. The van der Waals surface area contributed by atoms with E-state index in [1.54, 1.807) is 40.7 Å². The fourth-order valence-corrected chi connectivity index (χ4v) is 5.03. The molecule has 3 aromatic carbocycles. The zero-order valence-electron chi connectivity index (χ0n) is 17.3. The summed E-state index contributed by atoms with van der Waals surface area (Å²) < 4.78 is 25.1. The fraction of sp³-hybridized carbons (Fsp3) is 0.125. The second kappa shape index (κ2) is 8.37. The molecule has 0 saturated carbocycles. The summed E-state index contributed by atoms with van der Waals surface area (Å²) >= 11 is 1.61. The highest BCUT2D eigenvalue weighted by Crippen LogP contribution is 2.26. The lowest BCUT2D eigenvalue weighted by Crippen LogP contribution is -2.14. The third-order valence-corrected chi connectivity index (χ3v) is 7.33. The first-order chi connectivity index (χ1) is 15.5. The monoisotopic (exact) mass is 460 g/mol. The third-order valence-electron chi connectivity index (χ3n) is 5.27. The molecule has 0 aliphatic carbocycles. The molecule has 0 saturated heterocycles. The first kappa shape index (κ1) is 20.7. The first-order valence-electron chi connectivity index (χ1n) is 10.1. The Labute approximate surface area is 190 Å². The standard InChI is InChI=1S/C24H20N4O2S2/c1-32(29,30)21-13-7-17(8-14-21)15-23-25-26-24-28(23)27-22(16-31-24)20-11-9-19(10-12-20)18-5-3-2-4-6-18/h2-14H,15-16H2,1H3. The topological polar surface area (TPSA) is 77.2 Å². The zero-order valence-corrected chi connectivity index (χ0v) is 19.0. The van der Waals surface area contributed by atoms with Crippen LogP contribution in [0.15, 0.2) is 94.0 Å². The van der Waals surface area contributed by atoms with Crippen molar-refractivity contribution in [2.75, 3.05) is 12.0 Å². The van der Waals surface area contributed by atoms with Gasteiger partial charge in [0.1, 0.15) is 0 Å². The van der Waals surface area contributed by atoms with E-state index in [9.17, 15) is 8.42 Å². The molecule has 0 amide bonds. The molecule has 1 aromatic heterocycles. The minimum Gasteiger partial charge on any atom is -0.224 e. The second-order valence-electron chi connectivity index (χ2n) is 7.58. The van der Waals surface area contributed by atoms with E-state index in [4.69, 9.17) is 5.10 Å². The molecule has 0 radical (unpaired) electrons. The minimum absolute atomic E-state index is 0.305. The molecule has 0 spiro atoms. The number of rotatable bonds is 5. The summed E-state index contributed by atoms with van der Waals surface area (Å²) in [5.41, 5.74) is 5.34. The van der Waals surface area contributed by atoms with Crippen molar-refractivity contribution >= 4 is 27.3 Å². The molecule has 6 nitrogen and oxygen atoms in total. The number of fused-ring (bicyclic) bond motifs is 1. The van der Waals surface area contributed by atoms with Crippen LogP contribution >= 0.6 is 11.8 Å². The van der Waals surface area contributed by atoms with Crippen molar-refractivity contribution in [1.29, 1.82) is 0 Å². The van der Waals surface area contributed by atoms with Gasteiger partial charge in [-0.2, -0.15) is 9.78 Å². The summed E-state index contributed by atoms with van der Waals surface area (Å²) in [5.74, 6) is 1.45. The van der Waals surface area contributed by atoms with E-state index < -0.39 is 9.84 Å². The molecule has 0 bridgehead atoms. The first-order valence-corrected chi connectivity index (χ1v) is 12.9. The van der Waals surface area contributed by atoms with Crippen molar-refractivity contribution < 1.29 is 8.42 Å². The van der Waals surface area contributed by atoms with E-state index >= 15 is 0 Å². The Balaban J connectivity index is 1.40. The van der Waals surface area contributed by atoms with Gasteiger partial charge in [-0.15, -0.1) is 10.2 Å². The smallest absolute Gasteiger partial charge is 0.212 e. The Morgan fingerprint density at radius 1 is 0.844 bits per heavy atom. The van der Waals surface area contributed by atoms with E-state index in [-0.39, 0.29) is 0 Å². The van der Waals surface area contributed by atoms with E-state index in [1.165, 1.54) is 17.4 Å². The van der Waals surface area contributed by atoms with Gasteiger partial charge in [-0.05, 0) is 34.4 Å². The van der Waals surface area contributed by atoms with Gasteiger partial charge in [-0.25, -0.2) is 8.42 Å². The van der Waals surface area contributed by atoms with Crippen molar-refractivity contribution in [1.82, 2.24) is 14.9 Å². The van der Waals surface area contributed by atoms with Crippen molar-refractivity contribution in [2.45, 2.75) is 16.5 Å². The van der Waals surface area contributed by atoms with Crippen LogP contribution in [-0.2, 0) is 16.3 Å². The molecule has 1 aliphatic heterocycles. The lowest BCUT2D eigenvalue weighted by Gasteiger charge is -2.14. The van der Waals surface area contributed by atoms with Gasteiger partial charge in [0, 0.05) is 18.4 Å². The molecule has 2 heterocycles. The van der Waals surface area contributed by atoms with Crippen molar-refractivity contribution in [2.24, 2.45) is 5.10 Å². The van der Waals surface area contributed by atoms with Crippen LogP contribution in [-0.4, -0.2) is 41.0 Å². The molecule has 0 N–H and O–H groups in total. The molecule has 0 unspecified atom stereocenters. The molecule has 0 atom stereocenters. The highest BCUT2D eigenvalue weighted by atomic mass is 32.2. The maximum absolute atomic E-state index is 11.7. The van der Waals surface area contributed by atoms with Crippen LogP contribution in [0.1, 0.15) is 17.0 Å². The average Bonchev–Trinajstić information content (AvgIpc) is 3.21.